The molecule has 0 aromatic heterocycles. The molecule has 0 amide bonds. The molecule has 0 unspecified atom stereocenters. The number of unbranched alkanes of at least 4 members (excludes halogenated alkanes) is 1. The van der Waals surface area contributed by atoms with Gasteiger partial charge >= 0.3 is 5.97 Å². The van der Waals surface area contributed by atoms with Crippen LogP contribution in [0.5, 0.6) is 0 Å². The summed E-state index contributed by atoms with van der Waals surface area (Å²) >= 11 is 0. The molecule has 0 fully saturated rings. The number of carbonyl (C=O) groups is 1. The first-order valence-electron chi connectivity index (χ1n) is 3.84. The molecule has 1 N–H and O–H groups in total. The summed E-state index contributed by atoms with van der Waals surface area (Å²) in [5.74, 6) is 0.0255. The first-order valence-corrected chi connectivity index (χ1v) is 3.84. The molecule has 0 saturated heterocycles. The maximum absolute atomic E-state index is 10.0. The van der Waals surface area contributed by atoms with Crippen LogP contribution in [0.3, 0.4) is 0 Å². The van der Waals surface area contributed by atoms with Crippen molar-refractivity contribution in [2.24, 2.45) is 5.92 Å². The van der Waals surface area contributed by atoms with Crippen molar-refractivity contribution in [2.45, 2.75) is 39.5 Å². The SMILES string of the molecule is CC(C)CCCCC(=O)O.[La].[La]. The van der Waals surface area contributed by atoms with E-state index in [1.807, 2.05) is 0 Å². The fraction of sp³-hybridized carbons (Fsp3) is 0.875. The normalized spacial score (nSPS) is 8.58. The molecule has 66 valence electrons. The Morgan fingerprint density at radius 2 is 1.75 bits per heavy atom. The van der Waals surface area contributed by atoms with Crippen molar-refractivity contribution in [1.29, 1.82) is 0 Å². The molecule has 2 radical (unpaired) electrons. The molecule has 0 aromatic rings. The van der Waals surface area contributed by atoms with Gasteiger partial charge in [-0.3, -0.25) is 4.79 Å². The topological polar surface area (TPSA) is 37.3 Å². The fourth-order valence-corrected chi connectivity index (χ4v) is 0.829. The molecule has 12 heavy (non-hydrogen) atoms. The van der Waals surface area contributed by atoms with E-state index in [-0.39, 0.29) is 71.2 Å². The van der Waals surface area contributed by atoms with E-state index in [0.29, 0.717) is 12.3 Å². The van der Waals surface area contributed by atoms with Crippen molar-refractivity contribution < 1.29 is 81.1 Å². The second-order valence-corrected chi connectivity index (χ2v) is 3.03. The third-order valence-corrected chi connectivity index (χ3v) is 1.42. The molecule has 0 bridgehead atoms. The van der Waals surface area contributed by atoms with Gasteiger partial charge in [0.05, 0.1) is 0 Å². The molecule has 0 aromatic carbocycles. The quantitative estimate of drug-likeness (QED) is 0.691. The fourth-order valence-electron chi connectivity index (χ4n) is 0.829. The van der Waals surface area contributed by atoms with Crippen LogP contribution in [0, 0.1) is 77.1 Å². The van der Waals surface area contributed by atoms with E-state index in [2.05, 4.69) is 13.8 Å². The smallest absolute Gasteiger partial charge is 0.303 e. The molecule has 0 aliphatic carbocycles. The van der Waals surface area contributed by atoms with Crippen molar-refractivity contribution in [3.05, 3.63) is 0 Å². The summed E-state index contributed by atoms with van der Waals surface area (Å²) in [6.45, 7) is 4.31. The van der Waals surface area contributed by atoms with Crippen LogP contribution in [0.15, 0.2) is 0 Å². The molecule has 0 aliphatic heterocycles. The van der Waals surface area contributed by atoms with Crippen LogP contribution >= 0.6 is 0 Å². The monoisotopic (exact) mass is 422 g/mol. The number of hydrogen-bond donors (Lipinski definition) is 1. The molecule has 0 spiro atoms. The minimum absolute atomic E-state index is 0. The van der Waals surface area contributed by atoms with Gasteiger partial charge in [-0.25, -0.2) is 0 Å². The number of rotatable bonds is 5. The molecular weight excluding hydrogens is 406 g/mol. The Morgan fingerprint density at radius 3 is 2.08 bits per heavy atom. The summed E-state index contributed by atoms with van der Waals surface area (Å²) in [6, 6.07) is 0. The predicted octanol–water partition coefficient (Wildman–Crippen LogP) is 2.29. The Bertz CT molecular complexity index is 105. The standard InChI is InChI=1S/C8H16O2.2La/c1-7(2)5-3-4-6-8(9)10;;/h7H,3-6H2,1-2H3,(H,9,10);;. The molecule has 4 heteroatoms. The number of carboxylic acids is 1. The van der Waals surface area contributed by atoms with Crippen LogP contribution in [0.4, 0.5) is 0 Å². The van der Waals surface area contributed by atoms with Crippen LogP contribution in [0.2, 0.25) is 0 Å². The maximum atomic E-state index is 10.0. The van der Waals surface area contributed by atoms with Crippen molar-refractivity contribution in [3.63, 3.8) is 0 Å². The zero-order valence-corrected chi connectivity index (χ0v) is 15.2. The van der Waals surface area contributed by atoms with E-state index in [1.165, 1.54) is 0 Å². The summed E-state index contributed by atoms with van der Waals surface area (Å²) in [6.07, 6.45) is 3.34. The molecule has 0 rings (SSSR count). The number of hydrogen-bond acceptors (Lipinski definition) is 1. The molecular formula is C8H16La2O2. The summed E-state index contributed by atoms with van der Waals surface area (Å²) in [5.41, 5.74) is 0. The number of aliphatic carboxylic acids is 1. The van der Waals surface area contributed by atoms with Gasteiger partial charge in [0.15, 0.2) is 0 Å². The number of carboxylic acid groups (broad SMARTS) is 1. The van der Waals surface area contributed by atoms with E-state index >= 15 is 0 Å². The van der Waals surface area contributed by atoms with Crippen LogP contribution in [0.1, 0.15) is 39.5 Å². The third kappa shape index (κ3) is 17.8. The molecule has 0 heterocycles. The van der Waals surface area contributed by atoms with Crippen LogP contribution in [-0.4, -0.2) is 11.1 Å². The van der Waals surface area contributed by atoms with E-state index < -0.39 is 5.97 Å². The minimum atomic E-state index is -0.677. The van der Waals surface area contributed by atoms with Crippen molar-refractivity contribution in [1.82, 2.24) is 0 Å². The Hall–Kier alpha value is 1.86. The average molecular weight is 422 g/mol. The third-order valence-electron chi connectivity index (χ3n) is 1.42. The van der Waals surface area contributed by atoms with Gasteiger partial charge in [0, 0.05) is 77.6 Å². The van der Waals surface area contributed by atoms with Gasteiger partial charge in [0.1, 0.15) is 0 Å². The largest absolute Gasteiger partial charge is 0.481 e. The van der Waals surface area contributed by atoms with Gasteiger partial charge in [-0.1, -0.05) is 26.7 Å². The van der Waals surface area contributed by atoms with Crippen molar-refractivity contribution in [2.75, 3.05) is 0 Å². The summed E-state index contributed by atoms with van der Waals surface area (Å²) in [7, 11) is 0. The zero-order chi connectivity index (χ0) is 7.98. The first kappa shape index (κ1) is 19.4. The zero-order valence-electron chi connectivity index (χ0n) is 7.92. The molecule has 2 nitrogen and oxygen atoms in total. The van der Waals surface area contributed by atoms with E-state index in [1.54, 1.807) is 0 Å². The van der Waals surface area contributed by atoms with Crippen LogP contribution < -0.4 is 0 Å². The van der Waals surface area contributed by atoms with E-state index in [0.717, 1.165) is 19.3 Å². The van der Waals surface area contributed by atoms with Gasteiger partial charge < -0.3 is 5.11 Å². The van der Waals surface area contributed by atoms with E-state index in [4.69, 9.17) is 5.11 Å². The Labute approximate surface area is 130 Å². The minimum Gasteiger partial charge on any atom is -0.481 e. The Kier molecular flexibility index (Phi) is 20.8. The summed E-state index contributed by atoms with van der Waals surface area (Å²) in [5, 5.41) is 8.28. The second-order valence-electron chi connectivity index (χ2n) is 3.03. The van der Waals surface area contributed by atoms with Crippen LogP contribution in [0.25, 0.3) is 0 Å². The molecule has 0 saturated carbocycles. The molecule has 0 aliphatic rings. The van der Waals surface area contributed by atoms with Crippen molar-refractivity contribution in [3.8, 4) is 0 Å². The van der Waals surface area contributed by atoms with Crippen molar-refractivity contribution >= 4 is 5.97 Å². The van der Waals surface area contributed by atoms with Gasteiger partial charge in [-0.2, -0.15) is 0 Å². The Balaban J connectivity index is -0.000000405. The van der Waals surface area contributed by atoms with Gasteiger partial charge in [-0.15, -0.1) is 0 Å². The van der Waals surface area contributed by atoms with Crippen LogP contribution in [-0.2, 0) is 4.79 Å². The van der Waals surface area contributed by atoms with Gasteiger partial charge in [0.25, 0.3) is 0 Å². The first-order chi connectivity index (χ1) is 4.63. The molecule has 0 atom stereocenters. The second kappa shape index (κ2) is 12.9. The maximum Gasteiger partial charge on any atom is 0.303 e. The van der Waals surface area contributed by atoms with Gasteiger partial charge in [-0.05, 0) is 12.3 Å². The Morgan fingerprint density at radius 1 is 1.25 bits per heavy atom. The summed E-state index contributed by atoms with van der Waals surface area (Å²) < 4.78 is 0. The van der Waals surface area contributed by atoms with Gasteiger partial charge in [0.2, 0.25) is 0 Å². The summed E-state index contributed by atoms with van der Waals surface area (Å²) in [4.78, 5) is 10.0. The van der Waals surface area contributed by atoms with E-state index in [9.17, 15) is 4.79 Å². The average Bonchev–Trinajstić information content (AvgIpc) is 1.79. The predicted molar refractivity (Wildman–Crippen MR) is 40.9 cm³/mol.